The highest BCUT2D eigenvalue weighted by Crippen LogP contribution is 2.15. The van der Waals surface area contributed by atoms with Crippen molar-refractivity contribution < 1.29 is 4.79 Å². The van der Waals surface area contributed by atoms with Crippen LogP contribution in [0, 0.1) is 0 Å². The van der Waals surface area contributed by atoms with E-state index in [-0.39, 0.29) is 5.91 Å². The summed E-state index contributed by atoms with van der Waals surface area (Å²) in [6.45, 7) is 8.65. The summed E-state index contributed by atoms with van der Waals surface area (Å²) >= 11 is 0. The number of piperidine rings is 1. The summed E-state index contributed by atoms with van der Waals surface area (Å²) in [5.41, 5.74) is 1.99. The first-order valence-electron chi connectivity index (χ1n) is 17.0. The molecule has 1 amide bonds. The first-order chi connectivity index (χ1) is 19.2. The molecule has 0 unspecified atom stereocenters. The summed E-state index contributed by atoms with van der Waals surface area (Å²) in [4.78, 5) is 17.7. The number of unbranched alkanes of at least 4 members (excludes halogenated alkanes) is 15. The lowest BCUT2D eigenvalue weighted by molar-refractivity contribution is 0.0791. The van der Waals surface area contributed by atoms with Gasteiger partial charge >= 0.3 is 0 Å². The minimum atomic E-state index is 0.168. The zero-order valence-electron chi connectivity index (χ0n) is 26.0. The van der Waals surface area contributed by atoms with Crippen LogP contribution in [0.15, 0.2) is 24.3 Å². The third kappa shape index (κ3) is 16.5. The SMILES string of the molecule is CCCCCCCCCCCCCCCCCCN(C)C(=O)c1ccccc1CNCCCN1CCCCC1. The maximum Gasteiger partial charge on any atom is 0.253 e. The summed E-state index contributed by atoms with van der Waals surface area (Å²) in [6, 6.07) is 8.15. The van der Waals surface area contributed by atoms with E-state index in [4.69, 9.17) is 0 Å². The Balaban J connectivity index is 1.46. The second kappa shape index (κ2) is 23.3. The Bertz CT molecular complexity index is 716. The third-order valence-electron chi connectivity index (χ3n) is 8.53. The van der Waals surface area contributed by atoms with Crippen molar-refractivity contribution in [1.29, 1.82) is 0 Å². The van der Waals surface area contributed by atoms with Gasteiger partial charge in [-0.25, -0.2) is 0 Å². The largest absolute Gasteiger partial charge is 0.342 e. The lowest BCUT2D eigenvalue weighted by atomic mass is 10.0. The van der Waals surface area contributed by atoms with Gasteiger partial charge in [0.2, 0.25) is 0 Å². The molecule has 1 heterocycles. The predicted octanol–water partition coefficient (Wildman–Crippen LogP) is 8.99. The molecule has 1 aliphatic heterocycles. The summed E-state index contributed by atoms with van der Waals surface area (Å²) in [5, 5.41) is 3.58. The zero-order chi connectivity index (χ0) is 27.8. The highest BCUT2D eigenvalue weighted by Gasteiger charge is 2.15. The molecule has 0 saturated carbocycles. The van der Waals surface area contributed by atoms with Crippen LogP contribution in [0.1, 0.15) is 151 Å². The van der Waals surface area contributed by atoms with Crippen molar-refractivity contribution >= 4 is 5.91 Å². The van der Waals surface area contributed by atoms with Crippen molar-refractivity contribution in [3.05, 3.63) is 35.4 Å². The summed E-state index contributed by atoms with van der Waals surface area (Å²) < 4.78 is 0. The van der Waals surface area contributed by atoms with E-state index in [1.54, 1.807) is 0 Å². The summed E-state index contributed by atoms with van der Waals surface area (Å²) in [5.74, 6) is 0.168. The van der Waals surface area contributed by atoms with Crippen LogP contribution >= 0.6 is 0 Å². The van der Waals surface area contributed by atoms with Crippen LogP contribution in [0.3, 0.4) is 0 Å². The molecule has 1 fully saturated rings. The van der Waals surface area contributed by atoms with Gasteiger partial charge in [-0.3, -0.25) is 4.79 Å². The molecule has 1 aromatic rings. The van der Waals surface area contributed by atoms with Gasteiger partial charge in [-0.1, -0.05) is 128 Å². The fourth-order valence-corrected chi connectivity index (χ4v) is 5.92. The minimum absolute atomic E-state index is 0.168. The molecule has 1 saturated heterocycles. The Labute approximate surface area is 242 Å². The molecule has 0 bridgehead atoms. The quantitative estimate of drug-likeness (QED) is 0.133. The van der Waals surface area contributed by atoms with Gasteiger partial charge in [0.1, 0.15) is 0 Å². The van der Waals surface area contributed by atoms with E-state index in [1.165, 1.54) is 142 Å². The topological polar surface area (TPSA) is 35.6 Å². The van der Waals surface area contributed by atoms with Crippen LogP contribution in [0.5, 0.6) is 0 Å². The molecule has 0 aromatic heterocycles. The monoisotopic (exact) mass is 541 g/mol. The fraction of sp³-hybridized carbons (Fsp3) is 0.800. The Morgan fingerprint density at radius 2 is 1.28 bits per heavy atom. The van der Waals surface area contributed by atoms with Crippen molar-refractivity contribution in [3.8, 4) is 0 Å². The third-order valence-corrected chi connectivity index (χ3v) is 8.53. The fourth-order valence-electron chi connectivity index (χ4n) is 5.92. The number of hydrogen-bond acceptors (Lipinski definition) is 3. The van der Waals surface area contributed by atoms with Gasteiger partial charge in [0.25, 0.3) is 5.91 Å². The first-order valence-corrected chi connectivity index (χ1v) is 17.0. The number of rotatable bonds is 24. The van der Waals surface area contributed by atoms with Crippen molar-refractivity contribution in [2.75, 3.05) is 39.8 Å². The molecule has 0 atom stereocenters. The summed E-state index contributed by atoms with van der Waals surface area (Å²) in [7, 11) is 1.97. The molecular formula is C35H63N3O. The molecule has 0 spiro atoms. The average Bonchev–Trinajstić information content (AvgIpc) is 2.97. The number of amides is 1. The van der Waals surface area contributed by atoms with Crippen molar-refractivity contribution in [3.63, 3.8) is 0 Å². The molecule has 2 rings (SSSR count). The number of benzene rings is 1. The van der Waals surface area contributed by atoms with Crippen molar-refractivity contribution in [2.24, 2.45) is 0 Å². The molecule has 1 N–H and O–H groups in total. The van der Waals surface area contributed by atoms with Crippen LogP contribution in [-0.4, -0.2) is 55.5 Å². The number of nitrogens with one attached hydrogen (secondary N) is 1. The number of likely N-dealkylation sites (tertiary alicyclic amines) is 1. The van der Waals surface area contributed by atoms with E-state index in [2.05, 4.69) is 29.3 Å². The van der Waals surface area contributed by atoms with E-state index < -0.39 is 0 Å². The molecular weight excluding hydrogens is 478 g/mol. The van der Waals surface area contributed by atoms with E-state index in [0.717, 1.165) is 37.2 Å². The second-order valence-corrected chi connectivity index (χ2v) is 12.1. The zero-order valence-corrected chi connectivity index (χ0v) is 26.0. The van der Waals surface area contributed by atoms with Crippen LogP contribution in [0.2, 0.25) is 0 Å². The van der Waals surface area contributed by atoms with Gasteiger partial charge in [-0.05, 0) is 63.5 Å². The van der Waals surface area contributed by atoms with Crippen molar-refractivity contribution in [1.82, 2.24) is 15.1 Å². The van der Waals surface area contributed by atoms with Gasteiger partial charge in [0.15, 0.2) is 0 Å². The molecule has 0 radical (unpaired) electrons. The summed E-state index contributed by atoms with van der Waals surface area (Å²) in [6.07, 6.45) is 27.3. The van der Waals surface area contributed by atoms with E-state index in [9.17, 15) is 4.79 Å². The lowest BCUT2D eigenvalue weighted by Gasteiger charge is -2.26. The van der Waals surface area contributed by atoms with Crippen LogP contribution in [0.4, 0.5) is 0 Å². The van der Waals surface area contributed by atoms with E-state index in [0.29, 0.717) is 0 Å². The molecule has 4 nitrogen and oxygen atoms in total. The Morgan fingerprint density at radius 1 is 0.744 bits per heavy atom. The van der Waals surface area contributed by atoms with E-state index in [1.807, 2.05) is 24.1 Å². The highest BCUT2D eigenvalue weighted by atomic mass is 16.2. The molecule has 0 aliphatic carbocycles. The van der Waals surface area contributed by atoms with Gasteiger partial charge in [-0.15, -0.1) is 0 Å². The molecule has 224 valence electrons. The van der Waals surface area contributed by atoms with Crippen molar-refractivity contribution in [2.45, 2.75) is 142 Å². The van der Waals surface area contributed by atoms with Crippen LogP contribution < -0.4 is 5.32 Å². The van der Waals surface area contributed by atoms with Crippen LogP contribution in [-0.2, 0) is 6.54 Å². The maximum atomic E-state index is 13.1. The number of hydrogen-bond donors (Lipinski definition) is 1. The number of carbonyl (C=O) groups excluding carboxylic acids is 1. The van der Waals surface area contributed by atoms with E-state index >= 15 is 0 Å². The standard InChI is InChI=1S/C35H63N3O/c1-3-4-5-6-7-8-9-10-11-12-13-14-15-16-17-21-28-37(2)35(39)34-26-20-19-25-33(34)32-36-27-24-31-38-29-22-18-23-30-38/h19-20,25-26,36H,3-18,21-24,27-32H2,1-2H3. The Kier molecular flexibility index (Phi) is 20.2. The molecule has 39 heavy (non-hydrogen) atoms. The smallest absolute Gasteiger partial charge is 0.253 e. The Morgan fingerprint density at radius 3 is 1.87 bits per heavy atom. The molecule has 1 aromatic carbocycles. The van der Waals surface area contributed by atoms with Gasteiger partial charge in [-0.2, -0.15) is 0 Å². The number of nitrogens with zero attached hydrogens (tertiary/aromatic N) is 2. The maximum absolute atomic E-state index is 13.1. The normalized spacial score (nSPS) is 14.1. The minimum Gasteiger partial charge on any atom is -0.342 e. The average molecular weight is 542 g/mol. The van der Waals surface area contributed by atoms with Gasteiger partial charge in [0, 0.05) is 25.7 Å². The number of carbonyl (C=O) groups is 1. The Hall–Kier alpha value is -1.39. The predicted molar refractivity (Wildman–Crippen MR) is 170 cm³/mol. The van der Waals surface area contributed by atoms with Crippen LogP contribution in [0.25, 0.3) is 0 Å². The van der Waals surface area contributed by atoms with Gasteiger partial charge in [0.05, 0.1) is 0 Å². The first kappa shape index (κ1) is 33.8. The molecule has 1 aliphatic rings. The lowest BCUT2D eigenvalue weighted by Crippen LogP contribution is -2.32. The highest BCUT2D eigenvalue weighted by molar-refractivity contribution is 5.95. The molecule has 4 heteroatoms. The van der Waals surface area contributed by atoms with Gasteiger partial charge < -0.3 is 15.1 Å². The second-order valence-electron chi connectivity index (χ2n) is 12.1.